The minimum atomic E-state index is -1.59. The molecule has 51 heavy (non-hydrogen) atoms. The Kier molecular flexibility index (Phi) is 31.1. The van der Waals surface area contributed by atoms with Crippen molar-refractivity contribution in [1.82, 2.24) is 0 Å². The molecule has 6 unspecified atom stereocenters. The Morgan fingerprint density at radius 2 is 0.922 bits per heavy atom. The van der Waals surface area contributed by atoms with Gasteiger partial charge in [0.2, 0.25) is 0 Å². The van der Waals surface area contributed by atoms with Gasteiger partial charge in [0.05, 0.1) is 13.2 Å². The van der Waals surface area contributed by atoms with E-state index in [0.29, 0.717) is 6.42 Å². The van der Waals surface area contributed by atoms with Crippen molar-refractivity contribution in [3.05, 3.63) is 0 Å². The van der Waals surface area contributed by atoms with E-state index in [4.69, 9.17) is 18.9 Å². The number of hydrogen-bond acceptors (Lipinski definition) is 10. The number of carbonyl (C=O) groups is 2. The summed E-state index contributed by atoms with van der Waals surface area (Å²) >= 11 is 0. The summed E-state index contributed by atoms with van der Waals surface area (Å²) in [5, 5.41) is 40.0. The molecule has 1 rings (SSSR count). The fourth-order valence-electron chi connectivity index (χ4n) is 6.60. The Balaban J connectivity index is 2.35. The van der Waals surface area contributed by atoms with Gasteiger partial charge in [0, 0.05) is 12.8 Å². The molecule has 0 saturated carbocycles. The van der Waals surface area contributed by atoms with Crippen LogP contribution < -0.4 is 0 Å². The van der Waals surface area contributed by atoms with Gasteiger partial charge in [-0.3, -0.25) is 9.59 Å². The molecule has 1 aliphatic heterocycles. The molecule has 0 aromatic carbocycles. The van der Waals surface area contributed by atoms with Gasteiger partial charge in [-0.15, -0.1) is 0 Å². The summed E-state index contributed by atoms with van der Waals surface area (Å²) in [5.41, 5.74) is 0. The fourth-order valence-corrected chi connectivity index (χ4v) is 6.60. The maximum absolute atomic E-state index is 12.7. The lowest BCUT2D eigenvalue weighted by Crippen LogP contribution is -2.59. The van der Waals surface area contributed by atoms with Crippen LogP contribution in [-0.4, -0.2) is 89.0 Å². The van der Waals surface area contributed by atoms with Crippen molar-refractivity contribution in [3.8, 4) is 0 Å². The number of unbranched alkanes of at least 4 members (excludes halogenated alkanes) is 24. The van der Waals surface area contributed by atoms with Gasteiger partial charge in [0.1, 0.15) is 31.0 Å². The number of esters is 2. The summed E-state index contributed by atoms with van der Waals surface area (Å²) in [6, 6.07) is 0. The topological polar surface area (TPSA) is 152 Å². The summed E-state index contributed by atoms with van der Waals surface area (Å²) in [6.07, 6.45) is 23.9. The zero-order valence-corrected chi connectivity index (χ0v) is 32.6. The van der Waals surface area contributed by atoms with Crippen LogP contribution in [0.5, 0.6) is 0 Å². The van der Waals surface area contributed by atoms with E-state index in [9.17, 15) is 30.0 Å². The van der Waals surface area contributed by atoms with Crippen LogP contribution in [0.4, 0.5) is 0 Å². The van der Waals surface area contributed by atoms with E-state index < -0.39 is 49.4 Å². The Morgan fingerprint density at radius 1 is 0.529 bits per heavy atom. The highest BCUT2D eigenvalue weighted by atomic mass is 16.7. The SMILES string of the molecule is CCCCCCCCCCCCCCCC(=O)OCC(COC1OC(CO)C(O)C(O)C1O)OC(=O)CCCCCCCCCCCCCCC. The third kappa shape index (κ3) is 25.4. The zero-order valence-electron chi connectivity index (χ0n) is 32.6. The van der Waals surface area contributed by atoms with Gasteiger partial charge in [0.15, 0.2) is 12.4 Å². The number of aliphatic hydroxyl groups is 4. The lowest BCUT2D eigenvalue weighted by Gasteiger charge is -2.39. The molecule has 0 aliphatic carbocycles. The maximum atomic E-state index is 12.7. The van der Waals surface area contributed by atoms with Crippen molar-refractivity contribution in [2.45, 2.75) is 230 Å². The number of aliphatic hydroxyl groups excluding tert-OH is 4. The molecule has 0 aromatic heterocycles. The van der Waals surface area contributed by atoms with Crippen molar-refractivity contribution in [2.24, 2.45) is 0 Å². The Bertz CT molecular complexity index is 809. The van der Waals surface area contributed by atoms with Crippen LogP contribution >= 0.6 is 0 Å². The van der Waals surface area contributed by atoms with E-state index in [1.807, 2.05) is 0 Å². The second-order valence-corrected chi connectivity index (χ2v) is 14.8. The summed E-state index contributed by atoms with van der Waals surface area (Å²) in [6.45, 7) is 3.43. The lowest BCUT2D eigenvalue weighted by atomic mass is 9.99. The molecule has 0 aromatic rings. The van der Waals surface area contributed by atoms with Crippen LogP contribution in [0.15, 0.2) is 0 Å². The van der Waals surface area contributed by atoms with Crippen LogP contribution in [-0.2, 0) is 28.5 Å². The van der Waals surface area contributed by atoms with E-state index in [1.54, 1.807) is 0 Å². The number of carbonyl (C=O) groups excluding carboxylic acids is 2. The van der Waals surface area contributed by atoms with E-state index in [1.165, 1.54) is 122 Å². The third-order valence-corrected chi connectivity index (χ3v) is 9.99. The van der Waals surface area contributed by atoms with Crippen molar-refractivity contribution in [3.63, 3.8) is 0 Å². The summed E-state index contributed by atoms with van der Waals surface area (Å²) in [5.74, 6) is -0.795. The van der Waals surface area contributed by atoms with E-state index >= 15 is 0 Å². The second kappa shape index (κ2) is 33.3. The van der Waals surface area contributed by atoms with Crippen molar-refractivity contribution < 1.29 is 49.0 Å². The van der Waals surface area contributed by atoms with Crippen LogP contribution in [0.3, 0.4) is 0 Å². The lowest BCUT2D eigenvalue weighted by molar-refractivity contribution is -0.305. The molecule has 1 saturated heterocycles. The van der Waals surface area contributed by atoms with Crippen LogP contribution in [0.2, 0.25) is 0 Å². The van der Waals surface area contributed by atoms with Gasteiger partial charge in [-0.1, -0.05) is 168 Å². The normalized spacial score (nSPS) is 21.1. The van der Waals surface area contributed by atoms with Gasteiger partial charge in [-0.25, -0.2) is 0 Å². The first-order valence-corrected chi connectivity index (χ1v) is 21.1. The van der Waals surface area contributed by atoms with Gasteiger partial charge < -0.3 is 39.4 Å². The number of hydrogen-bond donors (Lipinski definition) is 4. The second-order valence-electron chi connectivity index (χ2n) is 14.8. The molecule has 0 amide bonds. The summed E-state index contributed by atoms with van der Waals surface area (Å²) in [7, 11) is 0. The first-order chi connectivity index (χ1) is 24.8. The molecule has 302 valence electrons. The molecule has 0 radical (unpaired) electrons. The van der Waals surface area contributed by atoms with Crippen LogP contribution in [0.25, 0.3) is 0 Å². The summed E-state index contributed by atoms with van der Waals surface area (Å²) < 4.78 is 22.1. The highest BCUT2D eigenvalue weighted by molar-refractivity contribution is 5.70. The largest absolute Gasteiger partial charge is 0.462 e. The Hall–Kier alpha value is -1.30. The molecular weight excluding hydrogens is 652 g/mol. The van der Waals surface area contributed by atoms with Crippen molar-refractivity contribution in [2.75, 3.05) is 19.8 Å². The third-order valence-electron chi connectivity index (χ3n) is 9.99. The predicted octanol–water partition coefficient (Wildman–Crippen LogP) is 8.22. The molecule has 4 N–H and O–H groups in total. The average Bonchev–Trinajstić information content (AvgIpc) is 3.13. The first-order valence-electron chi connectivity index (χ1n) is 21.1. The molecule has 6 atom stereocenters. The number of rotatable bonds is 35. The first kappa shape index (κ1) is 47.7. The molecule has 0 bridgehead atoms. The van der Waals surface area contributed by atoms with Crippen LogP contribution in [0.1, 0.15) is 194 Å². The Labute approximate surface area is 310 Å². The predicted molar refractivity (Wildman–Crippen MR) is 201 cm³/mol. The Morgan fingerprint density at radius 3 is 1.33 bits per heavy atom. The number of ether oxygens (including phenoxy) is 4. The van der Waals surface area contributed by atoms with Crippen molar-refractivity contribution in [1.29, 1.82) is 0 Å². The molecule has 10 heteroatoms. The van der Waals surface area contributed by atoms with Gasteiger partial charge in [-0.05, 0) is 12.8 Å². The zero-order chi connectivity index (χ0) is 37.4. The molecular formula is C41H78O10. The van der Waals surface area contributed by atoms with E-state index in [2.05, 4.69) is 13.8 Å². The quantitative estimate of drug-likeness (QED) is 0.0371. The highest BCUT2D eigenvalue weighted by Crippen LogP contribution is 2.23. The molecule has 1 heterocycles. The van der Waals surface area contributed by atoms with Crippen molar-refractivity contribution >= 4 is 11.9 Å². The van der Waals surface area contributed by atoms with E-state index in [-0.39, 0.29) is 32.0 Å². The molecule has 10 nitrogen and oxygen atoms in total. The molecule has 1 fully saturated rings. The van der Waals surface area contributed by atoms with E-state index in [0.717, 1.165) is 38.5 Å². The van der Waals surface area contributed by atoms with Gasteiger partial charge >= 0.3 is 11.9 Å². The average molecular weight is 731 g/mol. The van der Waals surface area contributed by atoms with Gasteiger partial charge in [0.25, 0.3) is 0 Å². The fraction of sp³-hybridized carbons (Fsp3) is 0.951. The van der Waals surface area contributed by atoms with Gasteiger partial charge in [-0.2, -0.15) is 0 Å². The smallest absolute Gasteiger partial charge is 0.306 e. The van der Waals surface area contributed by atoms with Crippen LogP contribution in [0, 0.1) is 0 Å². The minimum absolute atomic E-state index is 0.209. The standard InChI is InChI=1S/C41H78O10/c1-3-5-7-9-11-13-15-17-19-21-23-25-27-29-36(43)48-32-34(33-49-41-40(47)39(46)38(45)35(31-42)51-41)50-37(44)30-28-26-24-22-20-18-16-14-12-10-8-6-4-2/h34-35,38-42,45-47H,3-33H2,1-2H3. The molecule has 1 aliphatic rings. The highest BCUT2D eigenvalue weighted by Gasteiger charge is 2.44. The molecule has 0 spiro atoms. The minimum Gasteiger partial charge on any atom is -0.462 e. The monoisotopic (exact) mass is 731 g/mol. The summed E-state index contributed by atoms with van der Waals surface area (Å²) in [4.78, 5) is 25.2. The maximum Gasteiger partial charge on any atom is 0.306 e.